The van der Waals surface area contributed by atoms with E-state index in [0.717, 1.165) is 5.70 Å². The third kappa shape index (κ3) is 5.42. The van der Waals surface area contributed by atoms with Gasteiger partial charge in [-0.1, -0.05) is 0 Å². The molecule has 1 N–H and O–H groups in total. The molecule has 0 atom stereocenters. The van der Waals surface area contributed by atoms with Crippen LogP contribution in [0.15, 0.2) is 11.8 Å². The summed E-state index contributed by atoms with van der Waals surface area (Å²) in [6.07, 6.45) is 1.39. The zero-order valence-electron chi connectivity index (χ0n) is 7.34. The minimum absolute atomic E-state index is 0.350. The fourth-order valence-corrected chi connectivity index (χ4v) is 0.621. The summed E-state index contributed by atoms with van der Waals surface area (Å²) in [6.45, 7) is 1.79. The second kappa shape index (κ2) is 4.73. The van der Waals surface area contributed by atoms with Gasteiger partial charge in [-0.15, -0.1) is 0 Å². The van der Waals surface area contributed by atoms with Crippen molar-refractivity contribution in [1.82, 2.24) is 10.4 Å². The molecule has 0 amide bonds. The van der Waals surface area contributed by atoms with Crippen LogP contribution in [0.3, 0.4) is 0 Å². The molecular weight excluding hydrogens is 144 g/mol. The third-order valence-corrected chi connectivity index (χ3v) is 0.936. The Kier molecular flexibility index (Phi) is 4.29. The van der Waals surface area contributed by atoms with Gasteiger partial charge in [0.05, 0.1) is 7.11 Å². The molecule has 0 spiro atoms. The SMILES string of the molecule is COC(=O)/C=C(/C)NN(C)C. The van der Waals surface area contributed by atoms with Gasteiger partial charge in [0.25, 0.3) is 0 Å². The van der Waals surface area contributed by atoms with Crippen LogP contribution in [-0.4, -0.2) is 32.2 Å². The van der Waals surface area contributed by atoms with E-state index in [1.54, 1.807) is 11.9 Å². The first-order chi connectivity index (χ1) is 5.06. The van der Waals surface area contributed by atoms with Crippen LogP contribution in [0.5, 0.6) is 0 Å². The Bertz CT molecular complexity index is 164. The summed E-state index contributed by atoms with van der Waals surface area (Å²) in [5.74, 6) is -0.350. The van der Waals surface area contributed by atoms with Crippen molar-refractivity contribution in [2.75, 3.05) is 21.2 Å². The molecule has 0 bridgehead atoms. The highest BCUT2D eigenvalue weighted by atomic mass is 16.5. The summed E-state index contributed by atoms with van der Waals surface area (Å²) in [7, 11) is 5.03. The Morgan fingerprint density at radius 1 is 1.55 bits per heavy atom. The summed E-state index contributed by atoms with van der Waals surface area (Å²) in [4.78, 5) is 10.6. The summed E-state index contributed by atoms with van der Waals surface area (Å²) >= 11 is 0. The van der Waals surface area contributed by atoms with Gasteiger partial charge in [0.1, 0.15) is 0 Å². The van der Waals surface area contributed by atoms with Gasteiger partial charge in [0.15, 0.2) is 0 Å². The second-order valence-corrected chi connectivity index (χ2v) is 2.36. The number of hydrogen-bond donors (Lipinski definition) is 1. The zero-order valence-corrected chi connectivity index (χ0v) is 7.34. The number of hydrogen-bond acceptors (Lipinski definition) is 4. The third-order valence-electron chi connectivity index (χ3n) is 0.936. The number of carbonyl (C=O) groups excluding carboxylic acids is 1. The van der Waals surface area contributed by atoms with E-state index in [9.17, 15) is 4.79 Å². The number of nitrogens with one attached hydrogen (secondary N) is 1. The summed E-state index contributed by atoms with van der Waals surface area (Å²) in [6, 6.07) is 0. The molecule has 0 aromatic heterocycles. The van der Waals surface area contributed by atoms with E-state index in [1.807, 2.05) is 14.1 Å². The molecule has 0 unspecified atom stereocenters. The van der Waals surface area contributed by atoms with Gasteiger partial charge in [0.2, 0.25) is 0 Å². The molecule has 4 heteroatoms. The Morgan fingerprint density at radius 2 is 2.09 bits per heavy atom. The first-order valence-corrected chi connectivity index (χ1v) is 3.26. The maximum absolute atomic E-state index is 10.6. The van der Waals surface area contributed by atoms with E-state index < -0.39 is 0 Å². The quantitative estimate of drug-likeness (QED) is 0.360. The number of rotatable bonds is 3. The lowest BCUT2D eigenvalue weighted by atomic mass is 10.4. The fourth-order valence-electron chi connectivity index (χ4n) is 0.621. The smallest absolute Gasteiger partial charge is 0.332 e. The van der Waals surface area contributed by atoms with Crippen molar-refractivity contribution in [3.63, 3.8) is 0 Å². The Hall–Kier alpha value is -1.03. The molecule has 0 heterocycles. The fraction of sp³-hybridized carbons (Fsp3) is 0.571. The number of ether oxygens (including phenoxy) is 1. The molecule has 0 saturated carbocycles. The molecule has 0 aliphatic carbocycles. The number of esters is 1. The lowest BCUT2D eigenvalue weighted by molar-refractivity contribution is -0.134. The van der Waals surface area contributed by atoms with Crippen LogP contribution < -0.4 is 5.43 Å². The van der Waals surface area contributed by atoms with Crippen molar-refractivity contribution in [3.8, 4) is 0 Å². The van der Waals surface area contributed by atoms with Crippen molar-refractivity contribution >= 4 is 5.97 Å². The molecule has 0 aliphatic rings. The van der Waals surface area contributed by atoms with E-state index in [4.69, 9.17) is 0 Å². The van der Waals surface area contributed by atoms with Gasteiger partial charge in [-0.05, 0) is 6.92 Å². The monoisotopic (exact) mass is 158 g/mol. The average Bonchev–Trinajstić information content (AvgIpc) is 1.85. The highest BCUT2D eigenvalue weighted by molar-refractivity contribution is 5.82. The van der Waals surface area contributed by atoms with Gasteiger partial charge in [-0.2, -0.15) is 0 Å². The maximum atomic E-state index is 10.6. The van der Waals surface area contributed by atoms with Gasteiger partial charge in [0, 0.05) is 25.9 Å². The first kappa shape index (κ1) is 9.97. The predicted octanol–water partition coefficient (Wildman–Crippen LogP) is 0.129. The highest BCUT2D eigenvalue weighted by Crippen LogP contribution is 1.87. The molecular formula is C7H14N2O2. The normalized spacial score (nSPS) is 11.5. The Balaban J connectivity index is 3.90. The number of nitrogens with zero attached hydrogens (tertiary/aromatic N) is 1. The minimum atomic E-state index is -0.350. The molecule has 0 aromatic rings. The Morgan fingerprint density at radius 3 is 2.45 bits per heavy atom. The molecule has 0 saturated heterocycles. The summed E-state index contributed by atoms with van der Waals surface area (Å²) in [5, 5.41) is 1.74. The van der Waals surface area contributed by atoms with Crippen molar-refractivity contribution in [2.24, 2.45) is 0 Å². The number of hydrazine groups is 1. The van der Waals surface area contributed by atoms with Crippen LogP contribution >= 0.6 is 0 Å². The largest absolute Gasteiger partial charge is 0.466 e. The van der Waals surface area contributed by atoms with Crippen molar-refractivity contribution in [3.05, 3.63) is 11.8 Å². The minimum Gasteiger partial charge on any atom is -0.466 e. The number of allylic oxidation sites excluding steroid dienone is 1. The lowest BCUT2D eigenvalue weighted by Gasteiger charge is -2.12. The van der Waals surface area contributed by atoms with Crippen LogP contribution in [0, 0.1) is 0 Å². The second-order valence-electron chi connectivity index (χ2n) is 2.36. The van der Waals surface area contributed by atoms with Crippen LogP contribution in [0.1, 0.15) is 6.92 Å². The zero-order chi connectivity index (χ0) is 8.85. The summed E-state index contributed by atoms with van der Waals surface area (Å²) in [5.41, 5.74) is 3.65. The lowest BCUT2D eigenvalue weighted by Crippen LogP contribution is -2.28. The molecule has 11 heavy (non-hydrogen) atoms. The maximum Gasteiger partial charge on any atom is 0.332 e. The van der Waals surface area contributed by atoms with Crippen molar-refractivity contribution < 1.29 is 9.53 Å². The van der Waals surface area contributed by atoms with Crippen LogP contribution in [0.2, 0.25) is 0 Å². The van der Waals surface area contributed by atoms with Crippen LogP contribution in [-0.2, 0) is 9.53 Å². The topological polar surface area (TPSA) is 41.6 Å². The van der Waals surface area contributed by atoms with E-state index in [-0.39, 0.29) is 5.97 Å². The standard InChI is InChI=1S/C7H14N2O2/c1-6(8-9(2)3)5-7(10)11-4/h5,8H,1-4H3/b6-5-. The highest BCUT2D eigenvalue weighted by Gasteiger charge is 1.95. The molecule has 0 radical (unpaired) electrons. The van der Waals surface area contributed by atoms with Gasteiger partial charge in [-0.3, -0.25) is 0 Å². The van der Waals surface area contributed by atoms with E-state index in [2.05, 4.69) is 10.2 Å². The van der Waals surface area contributed by atoms with Gasteiger partial charge in [-0.25, -0.2) is 9.80 Å². The summed E-state index contributed by atoms with van der Waals surface area (Å²) < 4.78 is 4.43. The van der Waals surface area contributed by atoms with Crippen LogP contribution in [0.25, 0.3) is 0 Å². The van der Waals surface area contributed by atoms with Gasteiger partial charge < -0.3 is 10.2 Å². The van der Waals surface area contributed by atoms with Crippen molar-refractivity contribution in [2.45, 2.75) is 6.92 Å². The molecule has 0 fully saturated rings. The first-order valence-electron chi connectivity index (χ1n) is 3.26. The van der Waals surface area contributed by atoms with E-state index in [1.165, 1.54) is 13.2 Å². The van der Waals surface area contributed by atoms with Crippen molar-refractivity contribution in [1.29, 1.82) is 0 Å². The number of methoxy groups -OCH3 is 1. The molecule has 0 aromatic carbocycles. The molecule has 64 valence electrons. The molecule has 0 rings (SSSR count). The Labute approximate surface area is 66.8 Å². The van der Waals surface area contributed by atoms with E-state index in [0.29, 0.717) is 0 Å². The molecule has 0 aliphatic heterocycles. The number of carbonyl (C=O) groups is 1. The average molecular weight is 158 g/mol. The predicted molar refractivity (Wildman–Crippen MR) is 42.6 cm³/mol. The van der Waals surface area contributed by atoms with Gasteiger partial charge >= 0.3 is 5.97 Å². The van der Waals surface area contributed by atoms with E-state index >= 15 is 0 Å². The molecule has 4 nitrogen and oxygen atoms in total. The van der Waals surface area contributed by atoms with Crippen LogP contribution in [0.4, 0.5) is 0 Å².